The van der Waals surface area contributed by atoms with Crippen molar-refractivity contribution in [3.8, 4) is 22.5 Å². The van der Waals surface area contributed by atoms with E-state index in [1.807, 2.05) is 61.5 Å². The highest BCUT2D eigenvalue weighted by molar-refractivity contribution is 7.92. The van der Waals surface area contributed by atoms with Crippen LogP contribution in [0.15, 0.2) is 105 Å². The summed E-state index contributed by atoms with van der Waals surface area (Å²) >= 11 is 0. The number of hydrogen-bond donors (Lipinski definition) is 0. The number of rotatable bonds is 11. The van der Waals surface area contributed by atoms with E-state index in [0.717, 1.165) is 32.8 Å². The van der Waals surface area contributed by atoms with Crippen LogP contribution in [-0.2, 0) is 10.0 Å². The van der Waals surface area contributed by atoms with Crippen molar-refractivity contribution in [1.29, 1.82) is 0 Å². The molecular weight excluding hydrogens is 720 g/mol. The summed E-state index contributed by atoms with van der Waals surface area (Å²) < 4.78 is 53.5. The van der Waals surface area contributed by atoms with Gasteiger partial charge in [-0.25, -0.2) is 12.8 Å². The second-order valence-electron chi connectivity index (χ2n) is 13.7. The number of furan rings is 1. The summed E-state index contributed by atoms with van der Waals surface area (Å²) in [5, 5.41) is 8.84. The molecule has 0 atom stereocenters. The first-order valence-corrected chi connectivity index (χ1v) is 20.0. The lowest BCUT2D eigenvalue weighted by molar-refractivity contribution is 0.0743. The molecule has 0 saturated carbocycles. The monoisotopic (exact) mass is 760 g/mol. The van der Waals surface area contributed by atoms with E-state index in [1.165, 1.54) is 0 Å². The molecule has 7 rings (SSSR count). The van der Waals surface area contributed by atoms with E-state index in [9.17, 15) is 22.4 Å². The minimum absolute atomic E-state index is 0.149. The first-order valence-electron chi connectivity index (χ1n) is 18.2. The SMILES string of the molecule is CCC(=O)c1c(-c2ccc(C)cc2)oc2cc(N(CCF)S(C)(=O)=O)c(-c3cccc(C(=O)N4CCC(=C(c5ccccc5)c5nnc(C)o5)CC4)c3)cc12. The molecule has 1 fully saturated rings. The van der Waals surface area contributed by atoms with Gasteiger partial charge >= 0.3 is 0 Å². The number of aryl methyl sites for hydroxylation is 2. The van der Waals surface area contributed by atoms with Gasteiger partial charge in [0.2, 0.25) is 21.8 Å². The van der Waals surface area contributed by atoms with E-state index in [2.05, 4.69) is 10.2 Å². The minimum Gasteiger partial charge on any atom is -0.455 e. The maximum atomic E-state index is 14.1. The Labute approximate surface area is 319 Å². The lowest BCUT2D eigenvalue weighted by atomic mass is 9.92. The number of carbonyl (C=O) groups is 2. The van der Waals surface area contributed by atoms with E-state index < -0.39 is 23.2 Å². The van der Waals surface area contributed by atoms with Gasteiger partial charge in [0.1, 0.15) is 18.0 Å². The fourth-order valence-electron chi connectivity index (χ4n) is 7.19. The number of carbonyl (C=O) groups excluding carboxylic acids is 2. The number of halogens is 1. The molecule has 0 bridgehead atoms. The Balaban J connectivity index is 1.29. The minimum atomic E-state index is -3.97. The Hall–Kier alpha value is -5.88. The molecule has 12 heteroatoms. The van der Waals surface area contributed by atoms with Crippen molar-refractivity contribution in [1.82, 2.24) is 15.1 Å². The highest BCUT2D eigenvalue weighted by Crippen LogP contribution is 2.42. The third kappa shape index (κ3) is 7.59. The van der Waals surface area contributed by atoms with Crippen LogP contribution in [0.3, 0.4) is 0 Å². The van der Waals surface area contributed by atoms with Gasteiger partial charge in [0, 0.05) is 60.2 Å². The summed E-state index contributed by atoms with van der Waals surface area (Å²) in [4.78, 5) is 29.5. The van der Waals surface area contributed by atoms with Gasteiger partial charge < -0.3 is 13.7 Å². The number of hydrogen-bond acceptors (Lipinski definition) is 8. The molecule has 2 aromatic heterocycles. The Bertz CT molecular complexity index is 2530. The van der Waals surface area contributed by atoms with Crippen LogP contribution in [0.25, 0.3) is 39.0 Å². The fraction of sp³-hybridized carbons (Fsp3) is 0.256. The van der Waals surface area contributed by atoms with E-state index in [1.54, 1.807) is 55.1 Å². The van der Waals surface area contributed by atoms with Gasteiger partial charge in [-0.1, -0.05) is 84.8 Å². The lowest BCUT2D eigenvalue weighted by Crippen LogP contribution is -2.36. The number of fused-ring (bicyclic) bond motifs is 1. The molecule has 10 nitrogen and oxygen atoms in total. The molecule has 0 unspecified atom stereocenters. The van der Waals surface area contributed by atoms with Crippen molar-refractivity contribution < 1.29 is 31.2 Å². The van der Waals surface area contributed by atoms with Crippen LogP contribution in [0.1, 0.15) is 69.8 Å². The van der Waals surface area contributed by atoms with Crippen LogP contribution in [0.2, 0.25) is 0 Å². The second kappa shape index (κ2) is 15.5. The molecule has 3 heterocycles. The summed E-state index contributed by atoms with van der Waals surface area (Å²) in [6.45, 7) is 5.03. The number of ketones is 1. The Kier molecular flexibility index (Phi) is 10.5. The summed E-state index contributed by atoms with van der Waals surface area (Å²) in [6.07, 6.45) is 2.43. The average molecular weight is 761 g/mol. The number of nitrogens with zero attached hydrogens (tertiary/aromatic N) is 4. The zero-order valence-corrected chi connectivity index (χ0v) is 32.0. The standard InChI is InChI=1S/C43H41FN4O6S/c1-5-37(49)40-35-25-34(36(48(23-20-44)55(4,51)52)26-38(35)54-41(40)31-16-14-27(2)15-17-31)32-12-9-13-33(24-32)43(50)47-21-18-30(19-22-47)39(29-10-7-6-8-11-29)42-46-45-28(3)53-42/h6-17,24-26H,5,18-23H2,1-4H3. The third-order valence-electron chi connectivity index (χ3n) is 9.91. The number of anilines is 1. The normalized spacial score (nSPS) is 13.3. The topological polar surface area (TPSA) is 127 Å². The summed E-state index contributed by atoms with van der Waals surface area (Å²) in [5.74, 6) is 0.948. The summed E-state index contributed by atoms with van der Waals surface area (Å²) in [5.41, 5.74) is 6.87. The first-order chi connectivity index (χ1) is 26.5. The van der Waals surface area contributed by atoms with Crippen molar-refractivity contribution in [3.05, 3.63) is 131 Å². The van der Waals surface area contributed by atoms with Crippen LogP contribution in [-0.4, -0.2) is 67.8 Å². The zero-order chi connectivity index (χ0) is 38.9. The highest BCUT2D eigenvalue weighted by atomic mass is 32.2. The fourth-order valence-corrected chi connectivity index (χ4v) is 8.10. The second-order valence-corrected chi connectivity index (χ2v) is 15.6. The number of alkyl halides is 1. The number of sulfonamides is 1. The largest absolute Gasteiger partial charge is 0.455 e. The Morgan fingerprint density at radius 1 is 0.855 bits per heavy atom. The summed E-state index contributed by atoms with van der Waals surface area (Å²) in [7, 11) is -3.97. The predicted octanol–water partition coefficient (Wildman–Crippen LogP) is 8.83. The lowest BCUT2D eigenvalue weighted by Gasteiger charge is -2.30. The summed E-state index contributed by atoms with van der Waals surface area (Å²) in [6, 6.07) is 27.7. The van der Waals surface area contributed by atoms with Crippen molar-refractivity contribution >= 4 is 43.9 Å². The van der Waals surface area contributed by atoms with Crippen molar-refractivity contribution in [2.24, 2.45) is 0 Å². The maximum absolute atomic E-state index is 14.1. The van der Waals surface area contributed by atoms with Crippen molar-refractivity contribution in [2.75, 3.05) is 36.9 Å². The van der Waals surface area contributed by atoms with Crippen molar-refractivity contribution in [3.63, 3.8) is 0 Å². The number of benzene rings is 4. The quantitative estimate of drug-likeness (QED) is 0.120. The van der Waals surface area contributed by atoms with Crippen molar-refractivity contribution in [2.45, 2.75) is 40.0 Å². The Morgan fingerprint density at radius 3 is 2.20 bits per heavy atom. The van der Waals surface area contributed by atoms with Crippen LogP contribution in [0.5, 0.6) is 0 Å². The van der Waals surface area contributed by atoms with Crippen LogP contribution in [0, 0.1) is 13.8 Å². The molecule has 282 valence electrons. The van der Waals surface area contributed by atoms with Crippen LogP contribution < -0.4 is 4.31 Å². The van der Waals surface area contributed by atoms with Crippen LogP contribution in [0.4, 0.5) is 10.1 Å². The molecule has 1 aliphatic heterocycles. The van der Waals surface area contributed by atoms with Gasteiger partial charge in [0.25, 0.3) is 5.91 Å². The van der Waals surface area contributed by atoms with E-state index >= 15 is 0 Å². The molecule has 4 aromatic carbocycles. The molecule has 0 radical (unpaired) electrons. The number of likely N-dealkylation sites (tertiary alicyclic amines) is 1. The zero-order valence-electron chi connectivity index (χ0n) is 31.1. The maximum Gasteiger partial charge on any atom is 0.253 e. The molecular formula is C43H41FN4O6S. The molecule has 1 saturated heterocycles. The van der Waals surface area contributed by atoms with Gasteiger partial charge in [-0.3, -0.25) is 13.9 Å². The van der Waals surface area contributed by atoms with Crippen LogP contribution >= 0.6 is 0 Å². The van der Waals surface area contributed by atoms with Gasteiger partial charge in [-0.2, -0.15) is 0 Å². The smallest absolute Gasteiger partial charge is 0.253 e. The van der Waals surface area contributed by atoms with Gasteiger partial charge in [-0.05, 0) is 49.1 Å². The van der Waals surface area contributed by atoms with Gasteiger partial charge in [0.05, 0.1) is 24.1 Å². The highest BCUT2D eigenvalue weighted by Gasteiger charge is 2.29. The average Bonchev–Trinajstić information content (AvgIpc) is 3.79. The van der Waals surface area contributed by atoms with E-state index in [0.29, 0.717) is 76.7 Å². The third-order valence-corrected chi connectivity index (χ3v) is 11.1. The predicted molar refractivity (Wildman–Crippen MR) is 211 cm³/mol. The van der Waals surface area contributed by atoms with Gasteiger partial charge in [0.15, 0.2) is 5.78 Å². The van der Waals surface area contributed by atoms with E-state index in [4.69, 9.17) is 8.83 Å². The molecule has 0 N–H and O–H groups in total. The molecule has 1 amide bonds. The molecule has 6 aromatic rings. The first kappa shape index (κ1) is 37.4. The number of piperidine rings is 1. The Morgan fingerprint density at radius 2 is 1.56 bits per heavy atom. The number of aromatic nitrogens is 2. The van der Waals surface area contributed by atoms with E-state index in [-0.39, 0.29) is 29.4 Å². The molecule has 0 aliphatic carbocycles. The molecule has 0 spiro atoms. The number of Topliss-reactive ketones (excluding diaryl/α,β-unsaturated/α-hetero) is 1. The van der Waals surface area contributed by atoms with Gasteiger partial charge in [-0.15, -0.1) is 10.2 Å². The molecule has 1 aliphatic rings. The molecule has 55 heavy (non-hydrogen) atoms. The number of amides is 1.